The second kappa shape index (κ2) is 6.99. The van der Waals surface area contributed by atoms with Crippen molar-refractivity contribution in [2.75, 3.05) is 0 Å². The standard InChI is InChI=1S/C38H17N3/c39-18-20-12-14-28-30(16-20)41-31-17-21(19-40)13-15-29(31)36-34-27-9-4-2-7-23(27)25-11-5-10-24-22-6-1-3-8-26(22)33(35(28)38(36)41)37(34)32(24)25/h1-17H. The molecule has 0 atom stereocenters. The van der Waals surface area contributed by atoms with Crippen molar-refractivity contribution in [1.29, 1.82) is 10.5 Å². The quantitative estimate of drug-likeness (QED) is 0.149. The Labute approximate surface area is 232 Å². The van der Waals surface area contributed by atoms with Crippen molar-refractivity contribution in [2.24, 2.45) is 0 Å². The van der Waals surface area contributed by atoms with Gasteiger partial charge in [-0.25, -0.2) is 0 Å². The number of nitriles is 2. The summed E-state index contributed by atoms with van der Waals surface area (Å²) >= 11 is 0. The largest absolute Gasteiger partial charge is 0.308 e. The maximum atomic E-state index is 9.85. The predicted octanol–water partition coefficient (Wildman–Crippen LogP) is 9.78. The number of aromatic nitrogens is 1. The van der Waals surface area contributed by atoms with Crippen molar-refractivity contribution in [3.8, 4) is 12.1 Å². The maximum absolute atomic E-state index is 9.85. The van der Waals surface area contributed by atoms with Crippen molar-refractivity contribution >= 4 is 92.0 Å². The minimum absolute atomic E-state index is 0.625. The topological polar surface area (TPSA) is 52.0 Å². The third-order valence-electron chi connectivity index (χ3n) is 9.26. The first-order valence-electron chi connectivity index (χ1n) is 13.7. The van der Waals surface area contributed by atoms with Crippen LogP contribution in [0.2, 0.25) is 0 Å². The second-order valence-electron chi connectivity index (χ2n) is 11.1. The molecular formula is C38H17N3. The molecule has 3 nitrogen and oxygen atoms in total. The van der Waals surface area contributed by atoms with E-state index in [-0.39, 0.29) is 0 Å². The monoisotopic (exact) mass is 515 g/mol. The molecule has 0 unspecified atom stereocenters. The minimum atomic E-state index is 0.625. The highest BCUT2D eigenvalue weighted by atomic mass is 14.9. The fraction of sp³-hybridized carbons (Fsp3) is 0. The van der Waals surface area contributed by atoms with Crippen LogP contribution in [-0.2, 0) is 0 Å². The molecule has 0 aliphatic carbocycles. The third-order valence-corrected chi connectivity index (χ3v) is 9.26. The van der Waals surface area contributed by atoms with Crippen molar-refractivity contribution in [3.63, 3.8) is 0 Å². The van der Waals surface area contributed by atoms with Crippen molar-refractivity contribution in [1.82, 2.24) is 4.40 Å². The molecule has 10 rings (SSSR count). The molecular weight excluding hydrogens is 498 g/mol. The minimum Gasteiger partial charge on any atom is -0.308 e. The van der Waals surface area contributed by atoms with Gasteiger partial charge in [-0.15, -0.1) is 0 Å². The molecule has 3 heteroatoms. The van der Waals surface area contributed by atoms with Crippen LogP contribution in [0.15, 0.2) is 103 Å². The summed E-state index contributed by atoms with van der Waals surface area (Å²) in [6, 6.07) is 41.0. The van der Waals surface area contributed by atoms with Gasteiger partial charge in [0.2, 0.25) is 0 Å². The highest BCUT2D eigenvalue weighted by molar-refractivity contribution is 6.51. The number of nitrogens with zero attached hydrogens (tertiary/aromatic N) is 3. The maximum Gasteiger partial charge on any atom is 0.0992 e. The van der Waals surface area contributed by atoms with Gasteiger partial charge in [-0.1, -0.05) is 78.9 Å². The van der Waals surface area contributed by atoms with E-state index in [1.54, 1.807) is 0 Å². The number of fused-ring (bicyclic) bond motifs is 14. The van der Waals surface area contributed by atoms with Crippen molar-refractivity contribution in [3.05, 3.63) is 114 Å². The number of rotatable bonds is 0. The molecule has 0 aliphatic rings. The van der Waals surface area contributed by atoms with E-state index in [1.807, 2.05) is 24.3 Å². The Morgan fingerprint density at radius 2 is 0.829 bits per heavy atom. The smallest absolute Gasteiger partial charge is 0.0992 e. The molecule has 184 valence electrons. The van der Waals surface area contributed by atoms with Crippen LogP contribution in [0.4, 0.5) is 0 Å². The highest BCUT2D eigenvalue weighted by Gasteiger charge is 2.27. The molecule has 41 heavy (non-hydrogen) atoms. The summed E-state index contributed by atoms with van der Waals surface area (Å²) in [5, 5.41) is 37.0. The molecule has 10 aromatic rings. The van der Waals surface area contributed by atoms with Gasteiger partial charge in [0.05, 0.1) is 39.8 Å². The number of benzene rings is 8. The van der Waals surface area contributed by atoms with Gasteiger partial charge in [0.15, 0.2) is 0 Å². The van der Waals surface area contributed by atoms with E-state index in [4.69, 9.17) is 0 Å². The van der Waals surface area contributed by atoms with E-state index >= 15 is 0 Å². The molecule has 0 aliphatic heterocycles. The molecule has 8 aromatic carbocycles. The summed E-state index contributed by atoms with van der Waals surface area (Å²) in [4.78, 5) is 0. The van der Waals surface area contributed by atoms with Crippen LogP contribution in [0.3, 0.4) is 0 Å². The lowest BCUT2D eigenvalue weighted by atomic mass is 9.83. The normalized spacial score (nSPS) is 12.3. The van der Waals surface area contributed by atoms with Gasteiger partial charge in [-0.3, -0.25) is 0 Å². The predicted molar refractivity (Wildman–Crippen MR) is 169 cm³/mol. The van der Waals surface area contributed by atoms with E-state index in [0.29, 0.717) is 11.1 Å². The van der Waals surface area contributed by atoms with E-state index in [0.717, 1.165) is 27.3 Å². The van der Waals surface area contributed by atoms with Gasteiger partial charge >= 0.3 is 0 Å². The molecule has 0 saturated heterocycles. The Kier molecular flexibility index (Phi) is 3.58. The molecule has 0 spiro atoms. The first kappa shape index (κ1) is 21.0. The fourth-order valence-electron chi connectivity index (χ4n) is 7.78. The van der Waals surface area contributed by atoms with Crippen LogP contribution in [0.1, 0.15) is 11.1 Å². The second-order valence-corrected chi connectivity index (χ2v) is 11.1. The summed E-state index contributed by atoms with van der Waals surface area (Å²) in [6.07, 6.45) is 0. The molecule has 2 aromatic heterocycles. The van der Waals surface area contributed by atoms with Crippen LogP contribution >= 0.6 is 0 Å². The number of hydrogen-bond donors (Lipinski definition) is 0. The van der Waals surface area contributed by atoms with Gasteiger partial charge in [0, 0.05) is 37.7 Å². The van der Waals surface area contributed by atoms with Crippen LogP contribution in [0, 0.1) is 22.7 Å². The summed E-state index contributed by atoms with van der Waals surface area (Å²) < 4.78 is 2.30. The Balaban J connectivity index is 1.72. The lowest BCUT2D eigenvalue weighted by Crippen LogP contribution is -1.91. The molecule has 0 bridgehead atoms. The molecule has 0 amide bonds. The molecule has 0 radical (unpaired) electrons. The van der Waals surface area contributed by atoms with Crippen molar-refractivity contribution < 1.29 is 0 Å². The fourth-order valence-corrected chi connectivity index (χ4v) is 7.78. The lowest BCUT2D eigenvalue weighted by molar-refractivity contribution is 1.36. The zero-order valence-electron chi connectivity index (χ0n) is 21.7. The number of hydrogen-bond acceptors (Lipinski definition) is 2. The van der Waals surface area contributed by atoms with E-state index in [2.05, 4.69) is 95.4 Å². The summed E-state index contributed by atoms with van der Waals surface area (Å²) in [7, 11) is 0. The SMILES string of the molecule is N#Cc1ccc2c3c4c5ccccc5c5cccc6c7ccccc7c(c4c56)c4c5ccc(C#N)cc5n(c2c1)c34. The van der Waals surface area contributed by atoms with Gasteiger partial charge in [0.25, 0.3) is 0 Å². The Hall–Kier alpha value is -5.90. The van der Waals surface area contributed by atoms with Crippen LogP contribution in [0.25, 0.3) is 92.0 Å². The molecule has 2 heterocycles. The lowest BCUT2D eigenvalue weighted by Gasteiger charge is -2.19. The zero-order valence-corrected chi connectivity index (χ0v) is 21.7. The van der Waals surface area contributed by atoms with E-state index in [1.165, 1.54) is 64.6 Å². The van der Waals surface area contributed by atoms with E-state index in [9.17, 15) is 10.5 Å². The summed E-state index contributed by atoms with van der Waals surface area (Å²) in [5.41, 5.74) is 4.40. The van der Waals surface area contributed by atoms with E-state index < -0.39 is 0 Å². The third kappa shape index (κ3) is 2.28. The first-order chi connectivity index (χ1) is 20.3. The van der Waals surface area contributed by atoms with Gasteiger partial charge in [-0.2, -0.15) is 10.5 Å². The Bertz CT molecular complexity index is 2690. The van der Waals surface area contributed by atoms with Crippen LogP contribution < -0.4 is 0 Å². The molecule has 0 fully saturated rings. The highest BCUT2D eigenvalue weighted by Crippen LogP contribution is 2.53. The summed E-state index contributed by atoms with van der Waals surface area (Å²) in [5.74, 6) is 0. The van der Waals surface area contributed by atoms with Gasteiger partial charge in [0.1, 0.15) is 0 Å². The zero-order chi connectivity index (χ0) is 27.0. The Morgan fingerprint density at radius 1 is 0.390 bits per heavy atom. The average Bonchev–Trinajstić information content (AvgIpc) is 3.55. The average molecular weight is 516 g/mol. The molecule has 0 saturated carbocycles. The molecule has 0 N–H and O–H groups in total. The van der Waals surface area contributed by atoms with Crippen LogP contribution in [-0.4, -0.2) is 4.40 Å². The van der Waals surface area contributed by atoms with Gasteiger partial charge < -0.3 is 4.40 Å². The Morgan fingerprint density at radius 3 is 1.32 bits per heavy atom. The first-order valence-corrected chi connectivity index (χ1v) is 13.7. The van der Waals surface area contributed by atoms with Gasteiger partial charge in [-0.05, 0) is 62.0 Å². The van der Waals surface area contributed by atoms with Crippen molar-refractivity contribution in [2.45, 2.75) is 0 Å². The summed E-state index contributed by atoms with van der Waals surface area (Å²) in [6.45, 7) is 0. The van der Waals surface area contributed by atoms with Crippen LogP contribution in [0.5, 0.6) is 0 Å².